The molecule has 24 heavy (non-hydrogen) atoms. The molecule has 8 heteroatoms. The van der Waals surface area contributed by atoms with E-state index in [9.17, 15) is 4.79 Å². The third kappa shape index (κ3) is 3.33. The van der Waals surface area contributed by atoms with Crippen LogP contribution in [0.1, 0.15) is 22.4 Å². The van der Waals surface area contributed by atoms with Crippen molar-refractivity contribution in [1.29, 1.82) is 0 Å². The van der Waals surface area contributed by atoms with Crippen LogP contribution in [0, 0.1) is 0 Å². The van der Waals surface area contributed by atoms with Crippen LogP contribution >= 0.6 is 11.3 Å². The molecule has 0 spiro atoms. The predicted molar refractivity (Wildman–Crippen MR) is 94.5 cm³/mol. The number of hydrogen-bond acceptors (Lipinski definition) is 6. The van der Waals surface area contributed by atoms with Gasteiger partial charge in [0.25, 0.3) is 5.91 Å². The molecule has 0 aliphatic carbocycles. The molecule has 2 heterocycles. The number of nitrogens with one attached hydrogen (secondary N) is 1. The number of nitrogens with two attached hydrogens (primary N) is 1. The average Bonchev–Trinajstić information content (AvgIpc) is 3.20. The van der Waals surface area contributed by atoms with E-state index >= 15 is 0 Å². The van der Waals surface area contributed by atoms with Crippen molar-refractivity contribution in [3.05, 3.63) is 35.1 Å². The Bertz CT molecular complexity index is 857. The number of benzene rings is 1. The number of anilines is 1. The maximum absolute atomic E-state index is 12.5. The summed E-state index contributed by atoms with van der Waals surface area (Å²) in [6.07, 6.45) is 2.17. The number of thiazole rings is 1. The molecule has 1 amide bonds. The zero-order valence-electron chi connectivity index (χ0n) is 13.6. The quantitative estimate of drug-likeness (QED) is 0.714. The fourth-order valence-electron chi connectivity index (χ4n) is 2.47. The molecule has 3 N–H and O–H groups in total. The lowest BCUT2D eigenvalue weighted by molar-refractivity contribution is 0.0770. The fraction of sp³-hybridized carbons (Fsp3) is 0.312. The smallest absolute Gasteiger partial charge is 0.265 e. The largest absolute Gasteiger partial charge is 0.497 e. The molecule has 3 rings (SSSR count). The first-order chi connectivity index (χ1) is 11.6. The number of rotatable bonds is 6. The number of aromatic nitrogens is 3. The molecule has 0 atom stereocenters. The summed E-state index contributed by atoms with van der Waals surface area (Å²) in [6, 6.07) is 5.70. The molecule has 0 bridgehead atoms. The van der Waals surface area contributed by atoms with Crippen LogP contribution in [0.3, 0.4) is 0 Å². The van der Waals surface area contributed by atoms with Gasteiger partial charge in [-0.05, 0) is 19.1 Å². The van der Waals surface area contributed by atoms with E-state index in [1.807, 2.05) is 25.1 Å². The monoisotopic (exact) mass is 345 g/mol. The highest BCUT2D eigenvalue weighted by Crippen LogP contribution is 2.20. The number of methoxy groups -OCH3 is 1. The van der Waals surface area contributed by atoms with Gasteiger partial charge in [-0.15, -0.1) is 0 Å². The van der Waals surface area contributed by atoms with Crippen molar-refractivity contribution >= 4 is 33.4 Å². The van der Waals surface area contributed by atoms with Crippen molar-refractivity contribution in [2.75, 3.05) is 25.9 Å². The predicted octanol–water partition coefficient (Wildman–Crippen LogP) is 2.31. The van der Waals surface area contributed by atoms with Crippen LogP contribution in [-0.4, -0.2) is 46.0 Å². The Morgan fingerprint density at radius 3 is 2.96 bits per heavy atom. The van der Waals surface area contributed by atoms with Gasteiger partial charge < -0.3 is 20.4 Å². The van der Waals surface area contributed by atoms with Crippen LogP contribution in [0.2, 0.25) is 0 Å². The summed E-state index contributed by atoms with van der Waals surface area (Å²) < 4.78 is 5.21. The van der Waals surface area contributed by atoms with Gasteiger partial charge in [0.15, 0.2) is 5.13 Å². The number of aromatic amines is 1. The summed E-state index contributed by atoms with van der Waals surface area (Å²) in [6.45, 7) is 3.14. The van der Waals surface area contributed by atoms with Crippen molar-refractivity contribution in [3.8, 4) is 5.75 Å². The highest BCUT2D eigenvalue weighted by molar-refractivity contribution is 7.17. The SMILES string of the molecule is CCN(CCc1nc2ccc(OC)cc2[nH]1)C(=O)c1cnc(N)s1. The van der Waals surface area contributed by atoms with Crippen molar-refractivity contribution in [3.63, 3.8) is 0 Å². The van der Waals surface area contributed by atoms with Crippen molar-refractivity contribution < 1.29 is 9.53 Å². The molecule has 7 nitrogen and oxygen atoms in total. The molecular formula is C16H19N5O2S. The van der Waals surface area contributed by atoms with E-state index < -0.39 is 0 Å². The first-order valence-electron chi connectivity index (χ1n) is 7.64. The molecule has 0 aliphatic rings. The Hall–Kier alpha value is -2.61. The summed E-state index contributed by atoms with van der Waals surface area (Å²) in [5.41, 5.74) is 7.41. The third-order valence-electron chi connectivity index (χ3n) is 3.76. The van der Waals surface area contributed by atoms with E-state index in [-0.39, 0.29) is 5.91 Å². The molecule has 3 aromatic rings. The van der Waals surface area contributed by atoms with Crippen LogP contribution in [0.4, 0.5) is 5.13 Å². The van der Waals surface area contributed by atoms with Gasteiger partial charge in [0.2, 0.25) is 0 Å². The summed E-state index contributed by atoms with van der Waals surface area (Å²) >= 11 is 1.21. The van der Waals surface area contributed by atoms with Gasteiger partial charge in [0.1, 0.15) is 16.5 Å². The third-order valence-corrected chi connectivity index (χ3v) is 4.57. The molecular weight excluding hydrogens is 326 g/mol. The van der Waals surface area contributed by atoms with E-state index in [1.54, 1.807) is 12.0 Å². The summed E-state index contributed by atoms with van der Waals surface area (Å²) in [5.74, 6) is 1.57. The van der Waals surface area contributed by atoms with Crippen molar-refractivity contribution in [2.45, 2.75) is 13.3 Å². The number of fused-ring (bicyclic) bond motifs is 1. The number of carbonyl (C=O) groups excluding carboxylic acids is 1. The first-order valence-corrected chi connectivity index (χ1v) is 8.45. The van der Waals surface area contributed by atoms with Crippen molar-refractivity contribution in [2.24, 2.45) is 0 Å². The standard InChI is InChI=1S/C16H19N5O2S/c1-3-21(15(22)13-9-18-16(17)24-13)7-6-14-19-11-5-4-10(23-2)8-12(11)20-14/h4-5,8-9H,3,6-7H2,1-2H3,(H2,17,18)(H,19,20). The van der Waals surface area contributed by atoms with Crippen molar-refractivity contribution in [1.82, 2.24) is 19.9 Å². The number of nitrogens with zero attached hydrogens (tertiary/aromatic N) is 3. The second-order valence-corrected chi connectivity index (χ2v) is 6.33. The molecule has 126 valence electrons. The highest BCUT2D eigenvalue weighted by atomic mass is 32.1. The van der Waals surface area contributed by atoms with Gasteiger partial charge in [-0.3, -0.25) is 4.79 Å². The van der Waals surface area contributed by atoms with Gasteiger partial charge in [0.05, 0.1) is 24.3 Å². The number of H-pyrrole nitrogens is 1. The average molecular weight is 345 g/mol. The molecule has 0 saturated heterocycles. The number of carbonyl (C=O) groups is 1. The normalized spacial score (nSPS) is 10.9. The summed E-state index contributed by atoms with van der Waals surface area (Å²) in [5, 5.41) is 0.403. The minimum atomic E-state index is -0.0514. The van der Waals surface area contributed by atoms with E-state index in [0.717, 1.165) is 22.6 Å². The summed E-state index contributed by atoms with van der Waals surface area (Å²) in [7, 11) is 1.63. The zero-order valence-corrected chi connectivity index (χ0v) is 14.4. The van der Waals surface area contributed by atoms with E-state index in [1.165, 1.54) is 17.5 Å². The number of amides is 1. The van der Waals surface area contributed by atoms with Crippen LogP contribution in [0.15, 0.2) is 24.4 Å². The minimum absolute atomic E-state index is 0.0514. The number of hydrogen-bond donors (Lipinski definition) is 2. The van der Waals surface area contributed by atoms with Crippen LogP contribution in [0.5, 0.6) is 5.75 Å². The maximum atomic E-state index is 12.5. The fourth-order valence-corrected chi connectivity index (χ4v) is 3.13. The topological polar surface area (TPSA) is 97.1 Å². The highest BCUT2D eigenvalue weighted by Gasteiger charge is 2.17. The van der Waals surface area contributed by atoms with E-state index in [4.69, 9.17) is 10.5 Å². The Labute approximate surface area is 143 Å². The zero-order chi connectivity index (χ0) is 17.1. The Morgan fingerprint density at radius 1 is 1.46 bits per heavy atom. The number of ether oxygens (including phenoxy) is 1. The Morgan fingerprint density at radius 2 is 2.29 bits per heavy atom. The van der Waals surface area contributed by atoms with Crippen LogP contribution < -0.4 is 10.5 Å². The Balaban J connectivity index is 1.70. The number of likely N-dealkylation sites (N-methyl/N-ethyl adjacent to an activating group) is 1. The van der Waals surface area contributed by atoms with Gasteiger partial charge in [-0.25, -0.2) is 9.97 Å². The molecule has 1 aromatic carbocycles. The molecule has 0 unspecified atom stereocenters. The lowest BCUT2D eigenvalue weighted by Gasteiger charge is -2.19. The maximum Gasteiger partial charge on any atom is 0.265 e. The van der Waals surface area contributed by atoms with Gasteiger partial charge in [-0.2, -0.15) is 0 Å². The molecule has 0 radical (unpaired) electrons. The lowest BCUT2D eigenvalue weighted by atomic mass is 10.3. The van der Waals surface area contributed by atoms with E-state index in [2.05, 4.69) is 15.0 Å². The second kappa shape index (κ2) is 6.88. The molecule has 0 saturated carbocycles. The Kier molecular flexibility index (Phi) is 4.66. The minimum Gasteiger partial charge on any atom is -0.497 e. The molecule has 2 aromatic heterocycles. The molecule has 0 aliphatic heterocycles. The van der Waals surface area contributed by atoms with Gasteiger partial charge >= 0.3 is 0 Å². The number of nitrogen functional groups attached to an aromatic ring is 1. The lowest BCUT2D eigenvalue weighted by Crippen LogP contribution is -2.32. The first kappa shape index (κ1) is 16.3. The van der Waals surface area contributed by atoms with Crippen LogP contribution in [0.25, 0.3) is 11.0 Å². The number of imidazole rings is 1. The molecule has 0 fully saturated rings. The van der Waals surface area contributed by atoms with Crippen LogP contribution in [-0.2, 0) is 6.42 Å². The van der Waals surface area contributed by atoms with Gasteiger partial charge in [-0.1, -0.05) is 11.3 Å². The summed E-state index contributed by atoms with van der Waals surface area (Å²) in [4.78, 5) is 26.5. The second-order valence-electron chi connectivity index (χ2n) is 5.26. The van der Waals surface area contributed by atoms with E-state index in [0.29, 0.717) is 29.5 Å². The van der Waals surface area contributed by atoms with Gasteiger partial charge in [0, 0.05) is 25.6 Å².